The number of anilines is 1. The summed E-state index contributed by atoms with van der Waals surface area (Å²) in [6.07, 6.45) is 0. The molecule has 2 aromatic carbocycles. The minimum Gasteiger partial charge on any atom is -0.497 e. The van der Waals surface area contributed by atoms with Crippen LogP contribution in [0.15, 0.2) is 36.4 Å². The summed E-state index contributed by atoms with van der Waals surface area (Å²) in [6.45, 7) is 0.386. The number of nitrogen functional groups attached to an aromatic ring is 1. The summed E-state index contributed by atoms with van der Waals surface area (Å²) >= 11 is 0. The van der Waals surface area contributed by atoms with E-state index in [9.17, 15) is 0 Å². The van der Waals surface area contributed by atoms with Crippen LogP contribution < -0.4 is 24.7 Å². The Morgan fingerprint density at radius 1 is 0.857 bits per heavy atom. The van der Waals surface area contributed by atoms with Gasteiger partial charge in [-0.2, -0.15) is 0 Å². The summed E-state index contributed by atoms with van der Waals surface area (Å²) in [5.74, 6) is 2.49. The molecule has 0 heterocycles. The highest BCUT2D eigenvalue weighted by atomic mass is 16.5. The third kappa shape index (κ3) is 3.51. The zero-order valence-electron chi connectivity index (χ0n) is 12.4. The number of hydrogen-bond acceptors (Lipinski definition) is 5. The Morgan fingerprint density at radius 3 is 2.24 bits per heavy atom. The van der Waals surface area contributed by atoms with E-state index in [1.165, 1.54) is 0 Å². The highest BCUT2D eigenvalue weighted by Crippen LogP contribution is 2.36. The van der Waals surface area contributed by atoms with Gasteiger partial charge in [-0.25, -0.2) is 0 Å². The van der Waals surface area contributed by atoms with E-state index >= 15 is 0 Å². The van der Waals surface area contributed by atoms with Crippen LogP contribution in [-0.2, 0) is 6.61 Å². The quantitative estimate of drug-likeness (QED) is 0.828. The van der Waals surface area contributed by atoms with Crippen molar-refractivity contribution in [3.8, 4) is 23.0 Å². The van der Waals surface area contributed by atoms with E-state index in [0.29, 0.717) is 29.5 Å². The first-order valence-electron chi connectivity index (χ1n) is 6.45. The molecule has 0 bridgehead atoms. The van der Waals surface area contributed by atoms with Gasteiger partial charge >= 0.3 is 0 Å². The minimum atomic E-state index is 0.386. The van der Waals surface area contributed by atoms with Crippen molar-refractivity contribution in [3.63, 3.8) is 0 Å². The van der Waals surface area contributed by atoms with Crippen LogP contribution in [-0.4, -0.2) is 21.3 Å². The molecule has 21 heavy (non-hydrogen) atoms. The molecule has 0 atom stereocenters. The third-order valence-electron chi connectivity index (χ3n) is 3.04. The van der Waals surface area contributed by atoms with Crippen LogP contribution in [0.3, 0.4) is 0 Å². The van der Waals surface area contributed by atoms with Crippen molar-refractivity contribution < 1.29 is 18.9 Å². The van der Waals surface area contributed by atoms with E-state index in [4.69, 9.17) is 24.7 Å². The van der Waals surface area contributed by atoms with E-state index in [0.717, 1.165) is 11.3 Å². The molecule has 0 saturated heterocycles. The smallest absolute Gasteiger partial charge is 0.164 e. The zero-order chi connectivity index (χ0) is 15.2. The highest BCUT2D eigenvalue weighted by molar-refractivity contribution is 5.61. The number of nitrogens with two attached hydrogens (primary N) is 1. The van der Waals surface area contributed by atoms with Gasteiger partial charge in [0.2, 0.25) is 0 Å². The SMILES string of the molecule is COc1cccc(COc2cc(OC)c(OC)cc2N)c1. The molecule has 5 nitrogen and oxygen atoms in total. The molecule has 0 radical (unpaired) electrons. The fraction of sp³-hybridized carbons (Fsp3) is 0.250. The first-order valence-corrected chi connectivity index (χ1v) is 6.45. The maximum absolute atomic E-state index is 5.96. The first-order chi connectivity index (χ1) is 10.2. The van der Waals surface area contributed by atoms with E-state index in [1.807, 2.05) is 24.3 Å². The van der Waals surface area contributed by atoms with Crippen molar-refractivity contribution in [2.75, 3.05) is 27.1 Å². The van der Waals surface area contributed by atoms with Crippen molar-refractivity contribution >= 4 is 5.69 Å². The lowest BCUT2D eigenvalue weighted by molar-refractivity contribution is 0.301. The largest absolute Gasteiger partial charge is 0.497 e. The second-order valence-corrected chi connectivity index (χ2v) is 4.39. The Bertz CT molecular complexity index is 613. The molecule has 0 aromatic heterocycles. The van der Waals surface area contributed by atoms with Crippen LogP contribution in [0.25, 0.3) is 0 Å². The van der Waals surface area contributed by atoms with E-state index < -0.39 is 0 Å². The van der Waals surface area contributed by atoms with Gasteiger partial charge in [0.15, 0.2) is 11.5 Å². The lowest BCUT2D eigenvalue weighted by Gasteiger charge is -2.13. The fourth-order valence-corrected chi connectivity index (χ4v) is 1.92. The van der Waals surface area contributed by atoms with Crippen LogP contribution in [0, 0.1) is 0 Å². The van der Waals surface area contributed by atoms with Crippen molar-refractivity contribution in [1.29, 1.82) is 0 Å². The summed E-state index contributed by atoms with van der Waals surface area (Å²) in [7, 11) is 4.76. The average molecular weight is 289 g/mol. The summed E-state index contributed by atoms with van der Waals surface area (Å²) in [6, 6.07) is 11.1. The Hall–Kier alpha value is -2.56. The Morgan fingerprint density at radius 2 is 1.57 bits per heavy atom. The molecule has 0 unspecified atom stereocenters. The standard InChI is InChI=1S/C16H19NO4/c1-18-12-6-4-5-11(7-12)10-21-14-9-16(20-3)15(19-2)8-13(14)17/h4-9H,10,17H2,1-3H3. The summed E-state index contributed by atoms with van der Waals surface area (Å²) in [4.78, 5) is 0. The van der Waals surface area contributed by atoms with E-state index in [1.54, 1.807) is 33.5 Å². The van der Waals surface area contributed by atoms with Crippen LogP contribution in [0.5, 0.6) is 23.0 Å². The predicted octanol–water partition coefficient (Wildman–Crippen LogP) is 2.87. The molecule has 5 heteroatoms. The molecule has 0 aliphatic heterocycles. The van der Waals surface area contributed by atoms with Gasteiger partial charge in [0, 0.05) is 12.1 Å². The lowest BCUT2D eigenvalue weighted by atomic mass is 10.2. The normalized spacial score (nSPS) is 10.0. The first kappa shape index (κ1) is 14.8. The van der Waals surface area contributed by atoms with Gasteiger partial charge in [-0.05, 0) is 17.7 Å². The number of ether oxygens (including phenoxy) is 4. The molecule has 0 amide bonds. The maximum atomic E-state index is 5.96. The summed E-state index contributed by atoms with van der Waals surface area (Å²) < 4.78 is 21.4. The number of rotatable bonds is 6. The van der Waals surface area contributed by atoms with Crippen molar-refractivity contribution in [2.24, 2.45) is 0 Å². The predicted molar refractivity (Wildman–Crippen MR) is 81.3 cm³/mol. The highest BCUT2D eigenvalue weighted by Gasteiger charge is 2.10. The lowest BCUT2D eigenvalue weighted by Crippen LogP contribution is -2.01. The van der Waals surface area contributed by atoms with Crippen molar-refractivity contribution in [2.45, 2.75) is 6.61 Å². The van der Waals surface area contributed by atoms with Gasteiger partial charge in [0.25, 0.3) is 0 Å². The Labute approximate surface area is 124 Å². The van der Waals surface area contributed by atoms with Gasteiger partial charge < -0.3 is 24.7 Å². The van der Waals surface area contributed by atoms with E-state index in [-0.39, 0.29) is 0 Å². The van der Waals surface area contributed by atoms with Crippen LogP contribution in [0.2, 0.25) is 0 Å². The fourth-order valence-electron chi connectivity index (χ4n) is 1.92. The molecule has 2 aromatic rings. The molecule has 0 spiro atoms. The molecule has 2 rings (SSSR count). The van der Waals surface area contributed by atoms with Gasteiger partial charge in [-0.3, -0.25) is 0 Å². The maximum Gasteiger partial charge on any atom is 0.164 e. The van der Waals surface area contributed by atoms with Crippen molar-refractivity contribution in [1.82, 2.24) is 0 Å². The zero-order valence-corrected chi connectivity index (χ0v) is 12.4. The third-order valence-corrected chi connectivity index (χ3v) is 3.04. The average Bonchev–Trinajstić information content (AvgIpc) is 2.53. The van der Waals surface area contributed by atoms with Crippen LogP contribution in [0.4, 0.5) is 5.69 Å². The number of benzene rings is 2. The Kier molecular flexibility index (Phi) is 4.77. The number of methoxy groups -OCH3 is 3. The van der Waals surface area contributed by atoms with Gasteiger partial charge in [-0.1, -0.05) is 12.1 Å². The molecule has 0 aliphatic rings. The second kappa shape index (κ2) is 6.74. The number of hydrogen-bond donors (Lipinski definition) is 1. The van der Waals surface area contributed by atoms with Gasteiger partial charge in [0.05, 0.1) is 27.0 Å². The molecular weight excluding hydrogens is 270 g/mol. The molecular formula is C16H19NO4. The molecule has 0 fully saturated rings. The minimum absolute atomic E-state index is 0.386. The molecule has 0 aliphatic carbocycles. The summed E-state index contributed by atoms with van der Waals surface area (Å²) in [5.41, 5.74) is 7.44. The van der Waals surface area contributed by atoms with Gasteiger partial charge in [-0.15, -0.1) is 0 Å². The topological polar surface area (TPSA) is 62.9 Å². The second-order valence-electron chi connectivity index (χ2n) is 4.39. The molecule has 112 valence electrons. The Balaban J connectivity index is 2.15. The van der Waals surface area contributed by atoms with Crippen LogP contribution >= 0.6 is 0 Å². The summed E-state index contributed by atoms with van der Waals surface area (Å²) in [5, 5.41) is 0. The molecule has 2 N–H and O–H groups in total. The monoisotopic (exact) mass is 289 g/mol. The van der Waals surface area contributed by atoms with Crippen LogP contribution in [0.1, 0.15) is 5.56 Å². The molecule has 0 saturated carbocycles. The van der Waals surface area contributed by atoms with E-state index in [2.05, 4.69) is 0 Å². The van der Waals surface area contributed by atoms with Gasteiger partial charge in [0.1, 0.15) is 18.1 Å². The van der Waals surface area contributed by atoms with Crippen molar-refractivity contribution in [3.05, 3.63) is 42.0 Å².